The Morgan fingerprint density at radius 3 is 2.65 bits per heavy atom. The van der Waals surface area contributed by atoms with Crippen LogP contribution in [-0.4, -0.2) is 16.6 Å². The zero-order valence-electron chi connectivity index (χ0n) is 9.18. The Labute approximate surface area is 105 Å². The first-order valence-corrected chi connectivity index (χ1v) is 5.72. The van der Waals surface area contributed by atoms with E-state index in [-0.39, 0.29) is 0 Å². The first kappa shape index (κ1) is 11.9. The number of hydrogen-bond acceptors (Lipinski definition) is 3. The summed E-state index contributed by atoms with van der Waals surface area (Å²) >= 11 is 6.00. The molecule has 0 aliphatic carbocycles. The van der Waals surface area contributed by atoms with E-state index in [1.54, 1.807) is 12.3 Å². The first-order valence-electron chi connectivity index (χ1n) is 5.35. The highest BCUT2D eigenvalue weighted by molar-refractivity contribution is 6.31. The van der Waals surface area contributed by atoms with Gasteiger partial charge in [0.1, 0.15) is 5.82 Å². The predicted molar refractivity (Wildman–Crippen MR) is 69.1 cm³/mol. The van der Waals surface area contributed by atoms with Gasteiger partial charge in [-0.05, 0) is 18.2 Å². The van der Waals surface area contributed by atoms with E-state index in [9.17, 15) is 5.11 Å². The van der Waals surface area contributed by atoms with Crippen molar-refractivity contribution in [1.29, 1.82) is 0 Å². The minimum atomic E-state index is -0.647. The number of benzene rings is 1. The minimum Gasteiger partial charge on any atom is -0.387 e. The lowest BCUT2D eigenvalue weighted by Crippen LogP contribution is -2.13. The standard InChI is InChI=1S/C13H13ClN2O/c14-11-6-2-1-5-10(11)12(17)9-16-13-7-3-4-8-15-13/h1-8,12,17H,9H2,(H,15,16). The molecule has 0 bridgehead atoms. The van der Waals surface area contributed by atoms with Crippen LogP contribution in [0.5, 0.6) is 0 Å². The van der Waals surface area contributed by atoms with Crippen LogP contribution < -0.4 is 5.32 Å². The second-order valence-electron chi connectivity index (χ2n) is 3.63. The van der Waals surface area contributed by atoms with Crippen molar-refractivity contribution in [2.24, 2.45) is 0 Å². The van der Waals surface area contributed by atoms with Crippen LogP contribution in [0.1, 0.15) is 11.7 Å². The van der Waals surface area contributed by atoms with Gasteiger partial charge < -0.3 is 10.4 Å². The lowest BCUT2D eigenvalue weighted by atomic mass is 10.1. The average Bonchev–Trinajstić information content (AvgIpc) is 2.38. The van der Waals surface area contributed by atoms with Crippen LogP contribution in [0.25, 0.3) is 0 Å². The number of pyridine rings is 1. The van der Waals surface area contributed by atoms with Crippen molar-refractivity contribution < 1.29 is 5.11 Å². The molecule has 3 nitrogen and oxygen atoms in total. The van der Waals surface area contributed by atoms with Crippen LogP contribution in [0.3, 0.4) is 0 Å². The highest BCUT2D eigenvalue weighted by Gasteiger charge is 2.10. The number of rotatable bonds is 4. The molecule has 0 aliphatic heterocycles. The maximum Gasteiger partial charge on any atom is 0.125 e. The quantitative estimate of drug-likeness (QED) is 0.875. The van der Waals surface area contributed by atoms with E-state index in [1.807, 2.05) is 36.4 Å². The summed E-state index contributed by atoms with van der Waals surface area (Å²) in [4.78, 5) is 4.11. The number of aliphatic hydroxyl groups is 1. The molecule has 1 atom stereocenters. The zero-order chi connectivity index (χ0) is 12.1. The highest BCUT2D eigenvalue weighted by Crippen LogP contribution is 2.22. The van der Waals surface area contributed by atoms with Gasteiger partial charge in [-0.3, -0.25) is 0 Å². The third-order valence-electron chi connectivity index (χ3n) is 2.41. The molecular weight excluding hydrogens is 236 g/mol. The molecule has 2 rings (SSSR count). The predicted octanol–water partition coefficient (Wildman–Crippen LogP) is 2.88. The second kappa shape index (κ2) is 5.66. The van der Waals surface area contributed by atoms with Crippen molar-refractivity contribution in [3.8, 4) is 0 Å². The average molecular weight is 249 g/mol. The second-order valence-corrected chi connectivity index (χ2v) is 4.04. The summed E-state index contributed by atoms with van der Waals surface area (Å²) in [6.07, 6.45) is 1.05. The zero-order valence-corrected chi connectivity index (χ0v) is 9.93. The van der Waals surface area contributed by atoms with Crippen molar-refractivity contribution in [2.75, 3.05) is 11.9 Å². The number of halogens is 1. The topological polar surface area (TPSA) is 45.1 Å². The van der Waals surface area contributed by atoms with Crippen LogP contribution in [0.4, 0.5) is 5.82 Å². The summed E-state index contributed by atoms with van der Waals surface area (Å²) in [6, 6.07) is 12.8. The number of anilines is 1. The van der Waals surface area contributed by atoms with Gasteiger partial charge in [-0.2, -0.15) is 0 Å². The molecular formula is C13H13ClN2O. The lowest BCUT2D eigenvalue weighted by Gasteiger charge is -2.13. The molecule has 0 spiro atoms. The molecule has 0 amide bonds. The molecule has 17 heavy (non-hydrogen) atoms. The fourth-order valence-electron chi connectivity index (χ4n) is 1.52. The van der Waals surface area contributed by atoms with Gasteiger partial charge in [-0.25, -0.2) is 4.98 Å². The largest absolute Gasteiger partial charge is 0.387 e. The maximum atomic E-state index is 9.99. The van der Waals surface area contributed by atoms with E-state index in [4.69, 9.17) is 11.6 Å². The summed E-state index contributed by atoms with van der Waals surface area (Å²) in [5.74, 6) is 0.735. The van der Waals surface area contributed by atoms with Crippen LogP contribution >= 0.6 is 11.6 Å². The Morgan fingerprint density at radius 2 is 1.94 bits per heavy atom. The van der Waals surface area contributed by atoms with Gasteiger partial charge in [-0.15, -0.1) is 0 Å². The molecule has 0 aliphatic rings. The Bertz CT molecular complexity index is 476. The number of nitrogens with one attached hydrogen (secondary N) is 1. The molecule has 2 aromatic rings. The smallest absolute Gasteiger partial charge is 0.125 e. The number of aromatic nitrogens is 1. The number of hydrogen-bond donors (Lipinski definition) is 2. The lowest BCUT2D eigenvalue weighted by molar-refractivity contribution is 0.191. The Kier molecular flexibility index (Phi) is 3.96. The summed E-state index contributed by atoms with van der Waals surface area (Å²) < 4.78 is 0. The van der Waals surface area contributed by atoms with Crippen molar-refractivity contribution in [3.63, 3.8) is 0 Å². The van der Waals surface area contributed by atoms with E-state index in [2.05, 4.69) is 10.3 Å². The SMILES string of the molecule is OC(CNc1ccccn1)c1ccccc1Cl. The maximum absolute atomic E-state index is 9.99. The summed E-state index contributed by atoms with van der Waals surface area (Å²) in [7, 11) is 0. The van der Waals surface area contributed by atoms with E-state index in [0.717, 1.165) is 11.4 Å². The Hall–Kier alpha value is -1.58. The summed E-state index contributed by atoms with van der Waals surface area (Å²) in [6.45, 7) is 0.376. The molecule has 0 saturated heterocycles. The summed E-state index contributed by atoms with van der Waals surface area (Å²) in [5.41, 5.74) is 0.720. The van der Waals surface area contributed by atoms with Crippen molar-refractivity contribution in [1.82, 2.24) is 4.98 Å². The molecule has 1 unspecified atom stereocenters. The molecule has 0 fully saturated rings. The Balaban J connectivity index is 1.99. The fraction of sp³-hybridized carbons (Fsp3) is 0.154. The van der Waals surface area contributed by atoms with Crippen LogP contribution in [0, 0.1) is 0 Å². The van der Waals surface area contributed by atoms with Gasteiger partial charge >= 0.3 is 0 Å². The van der Waals surface area contributed by atoms with E-state index < -0.39 is 6.10 Å². The van der Waals surface area contributed by atoms with Crippen LogP contribution in [0.15, 0.2) is 48.7 Å². The van der Waals surface area contributed by atoms with Gasteiger partial charge in [0.15, 0.2) is 0 Å². The molecule has 1 heterocycles. The monoisotopic (exact) mass is 248 g/mol. The van der Waals surface area contributed by atoms with Crippen LogP contribution in [0.2, 0.25) is 5.02 Å². The number of aliphatic hydroxyl groups excluding tert-OH is 1. The minimum absolute atomic E-state index is 0.376. The van der Waals surface area contributed by atoms with Gasteiger partial charge in [0.25, 0.3) is 0 Å². The third kappa shape index (κ3) is 3.19. The van der Waals surface area contributed by atoms with Crippen molar-refractivity contribution >= 4 is 17.4 Å². The molecule has 2 N–H and O–H groups in total. The molecule has 0 radical (unpaired) electrons. The molecule has 1 aromatic heterocycles. The summed E-state index contributed by atoms with van der Waals surface area (Å²) in [5, 5.41) is 13.6. The highest BCUT2D eigenvalue weighted by atomic mass is 35.5. The van der Waals surface area contributed by atoms with Crippen LogP contribution in [-0.2, 0) is 0 Å². The molecule has 0 saturated carbocycles. The van der Waals surface area contributed by atoms with Crippen molar-refractivity contribution in [2.45, 2.75) is 6.10 Å². The fourth-order valence-corrected chi connectivity index (χ4v) is 1.79. The van der Waals surface area contributed by atoms with Crippen molar-refractivity contribution in [3.05, 3.63) is 59.2 Å². The Morgan fingerprint density at radius 1 is 1.18 bits per heavy atom. The van der Waals surface area contributed by atoms with E-state index >= 15 is 0 Å². The normalized spacial score (nSPS) is 12.1. The first-order chi connectivity index (χ1) is 8.27. The molecule has 4 heteroatoms. The van der Waals surface area contributed by atoms with Gasteiger partial charge in [-0.1, -0.05) is 35.9 Å². The van der Waals surface area contributed by atoms with Gasteiger partial charge in [0.05, 0.1) is 6.10 Å². The van der Waals surface area contributed by atoms with Gasteiger partial charge in [0.2, 0.25) is 0 Å². The third-order valence-corrected chi connectivity index (χ3v) is 2.75. The van der Waals surface area contributed by atoms with Gasteiger partial charge in [0, 0.05) is 23.3 Å². The van der Waals surface area contributed by atoms with E-state index in [1.165, 1.54) is 0 Å². The van der Waals surface area contributed by atoms with E-state index in [0.29, 0.717) is 11.6 Å². The molecule has 1 aromatic carbocycles. The molecule has 88 valence electrons. The number of nitrogens with zero attached hydrogens (tertiary/aromatic N) is 1.